The number of esters is 1. The van der Waals surface area contributed by atoms with Crippen LogP contribution < -0.4 is 5.32 Å². The molecule has 9 heteroatoms. The van der Waals surface area contributed by atoms with Crippen LogP contribution in [0.4, 0.5) is 9.52 Å². The van der Waals surface area contributed by atoms with E-state index in [-0.39, 0.29) is 28.7 Å². The van der Waals surface area contributed by atoms with Gasteiger partial charge >= 0.3 is 5.97 Å². The first kappa shape index (κ1) is 19.3. The number of halogens is 1. The van der Waals surface area contributed by atoms with Crippen LogP contribution in [-0.2, 0) is 14.3 Å². The van der Waals surface area contributed by atoms with Gasteiger partial charge in [-0.2, -0.15) is 0 Å². The first-order valence-corrected chi connectivity index (χ1v) is 9.57. The van der Waals surface area contributed by atoms with Gasteiger partial charge in [0.1, 0.15) is 10.8 Å². The van der Waals surface area contributed by atoms with Gasteiger partial charge in [-0.3, -0.25) is 14.9 Å². The van der Waals surface area contributed by atoms with E-state index in [0.29, 0.717) is 23.2 Å². The fraction of sp³-hybridized carbons (Fsp3) is 0.375. The van der Waals surface area contributed by atoms with Gasteiger partial charge in [0.25, 0.3) is 0 Å². The minimum Gasteiger partial charge on any atom is -0.465 e. The van der Waals surface area contributed by atoms with Crippen LogP contribution in [0.2, 0.25) is 0 Å². The predicted molar refractivity (Wildman–Crippen MR) is 97.1 cm³/mol. The Morgan fingerprint density at radius 1 is 1.28 bits per heavy atom. The largest absolute Gasteiger partial charge is 0.465 e. The van der Waals surface area contributed by atoms with Gasteiger partial charge in [0.2, 0.25) is 11.0 Å². The van der Waals surface area contributed by atoms with Crippen molar-refractivity contribution in [2.45, 2.75) is 25.5 Å². The van der Waals surface area contributed by atoms with E-state index in [1.165, 1.54) is 35.2 Å². The zero-order valence-electron chi connectivity index (χ0n) is 13.8. The third-order valence-electron chi connectivity index (χ3n) is 3.12. The van der Waals surface area contributed by atoms with Crippen molar-refractivity contribution in [1.82, 2.24) is 10.2 Å². The Kier molecular flexibility index (Phi) is 7.32. The number of carbonyl (C=O) groups excluding carboxylic acids is 2. The molecule has 134 valence electrons. The summed E-state index contributed by atoms with van der Waals surface area (Å²) in [6.45, 7) is 3.92. The lowest BCUT2D eigenvalue weighted by molar-refractivity contribution is -0.139. The summed E-state index contributed by atoms with van der Waals surface area (Å²) in [5.41, 5.74) is 0.725. The third kappa shape index (κ3) is 5.79. The minimum atomic E-state index is -0.387. The lowest BCUT2D eigenvalue weighted by Crippen LogP contribution is -2.26. The fourth-order valence-electron chi connectivity index (χ4n) is 1.92. The number of anilines is 1. The van der Waals surface area contributed by atoms with E-state index in [4.69, 9.17) is 4.74 Å². The normalized spacial score (nSPS) is 11.8. The Labute approximate surface area is 153 Å². The predicted octanol–water partition coefficient (Wildman–Crippen LogP) is 3.36. The molecule has 1 aromatic heterocycles. The van der Waals surface area contributed by atoms with Crippen molar-refractivity contribution in [3.05, 3.63) is 30.1 Å². The molecule has 0 fully saturated rings. The Balaban J connectivity index is 1.95. The van der Waals surface area contributed by atoms with E-state index in [1.807, 2.05) is 6.92 Å². The number of hydrogen-bond donors (Lipinski definition) is 1. The summed E-state index contributed by atoms with van der Waals surface area (Å²) in [4.78, 5) is 23.7. The number of benzene rings is 1. The van der Waals surface area contributed by atoms with Gasteiger partial charge in [-0.25, -0.2) is 4.39 Å². The molecule has 25 heavy (non-hydrogen) atoms. The number of nitrogens with one attached hydrogen (secondary N) is 1. The molecular weight excluding hydrogens is 365 g/mol. The third-order valence-corrected chi connectivity index (χ3v) is 5.36. The van der Waals surface area contributed by atoms with Crippen molar-refractivity contribution < 1.29 is 18.7 Å². The number of hydrogen-bond acceptors (Lipinski definition) is 7. The van der Waals surface area contributed by atoms with Crippen LogP contribution >= 0.6 is 23.1 Å². The second kappa shape index (κ2) is 9.47. The van der Waals surface area contributed by atoms with Gasteiger partial charge in [-0.05, 0) is 37.6 Å². The van der Waals surface area contributed by atoms with Crippen LogP contribution in [-0.4, -0.2) is 39.7 Å². The number of carbonyl (C=O) groups is 2. The number of thioether (sulfide) groups is 1. The molecule has 0 aliphatic carbocycles. The lowest BCUT2D eigenvalue weighted by Gasteiger charge is -2.12. The minimum absolute atomic E-state index is 0.122. The van der Waals surface area contributed by atoms with E-state index in [1.54, 1.807) is 19.1 Å². The van der Waals surface area contributed by atoms with E-state index in [2.05, 4.69) is 15.5 Å². The second-order valence-electron chi connectivity index (χ2n) is 4.92. The molecule has 1 heterocycles. The number of aromatic nitrogens is 2. The Hall–Kier alpha value is -2.00. The summed E-state index contributed by atoms with van der Waals surface area (Å²) in [7, 11) is 0. The van der Waals surface area contributed by atoms with Crippen molar-refractivity contribution in [1.29, 1.82) is 0 Å². The summed E-state index contributed by atoms with van der Waals surface area (Å²) in [5.74, 6) is -0.783. The lowest BCUT2D eigenvalue weighted by atomic mass is 10.2. The number of amides is 1. The van der Waals surface area contributed by atoms with Crippen molar-refractivity contribution in [2.75, 3.05) is 17.7 Å². The maximum Gasteiger partial charge on any atom is 0.315 e. The van der Waals surface area contributed by atoms with Gasteiger partial charge in [0.15, 0.2) is 0 Å². The molecule has 2 aromatic rings. The highest BCUT2D eigenvalue weighted by atomic mass is 32.2. The molecular formula is C16H18FN3O3S2. The SMILES string of the molecule is CCOC(=O)CS[C@H](CC)C(=O)Nc1nnc(-c2ccc(F)cc2)s1. The van der Waals surface area contributed by atoms with E-state index in [9.17, 15) is 14.0 Å². The summed E-state index contributed by atoms with van der Waals surface area (Å²) in [5, 5.41) is 11.2. The van der Waals surface area contributed by atoms with E-state index < -0.39 is 0 Å². The molecule has 0 radical (unpaired) electrons. The van der Waals surface area contributed by atoms with Crippen molar-refractivity contribution in [3.63, 3.8) is 0 Å². The number of ether oxygens (including phenoxy) is 1. The van der Waals surface area contributed by atoms with Crippen molar-refractivity contribution in [3.8, 4) is 10.6 Å². The molecule has 0 bridgehead atoms. The summed E-state index contributed by atoms with van der Waals surface area (Å²) in [6, 6.07) is 5.89. The molecule has 2 rings (SSSR count). The summed E-state index contributed by atoms with van der Waals surface area (Å²) < 4.78 is 17.8. The highest BCUT2D eigenvalue weighted by Gasteiger charge is 2.20. The monoisotopic (exact) mass is 383 g/mol. The zero-order valence-corrected chi connectivity index (χ0v) is 15.5. The van der Waals surface area contributed by atoms with Crippen molar-refractivity contribution >= 4 is 40.1 Å². The average molecular weight is 383 g/mol. The zero-order chi connectivity index (χ0) is 18.2. The number of rotatable bonds is 8. The molecule has 6 nitrogen and oxygen atoms in total. The summed E-state index contributed by atoms with van der Waals surface area (Å²) in [6.07, 6.45) is 0.569. The smallest absolute Gasteiger partial charge is 0.315 e. The van der Waals surface area contributed by atoms with Crippen LogP contribution in [0.15, 0.2) is 24.3 Å². The van der Waals surface area contributed by atoms with Crippen LogP contribution in [0.5, 0.6) is 0 Å². The highest BCUT2D eigenvalue weighted by molar-refractivity contribution is 8.01. The highest BCUT2D eigenvalue weighted by Crippen LogP contribution is 2.27. The van der Waals surface area contributed by atoms with Gasteiger partial charge < -0.3 is 4.74 Å². The van der Waals surface area contributed by atoms with E-state index >= 15 is 0 Å². The quantitative estimate of drug-likeness (QED) is 0.704. The second-order valence-corrected chi connectivity index (χ2v) is 7.09. The first-order chi connectivity index (χ1) is 12.0. The molecule has 0 aliphatic rings. The number of nitrogens with zero attached hydrogens (tertiary/aromatic N) is 2. The molecule has 1 N–H and O–H groups in total. The Morgan fingerprint density at radius 2 is 2.00 bits per heavy atom. The van der Waals surface area contributed by atoms with Gasteiger partial charge in [0, 0.05) is 5.56 Å². The first-order valence-electron chi connectivity index (χ1n) is 7.71. The van der Waals surface area contributed by atoms with Crippen molar-refractivity contribution in [2.24, 2.45) is 0 Å². The molecule has 0 unspecified atom stereocenters. The molecule has 1 amide bonds. The molecule has 0 saturated carbocycles. The molecule has 1 atom stereocenters. The van der Waals surface area contributed by atoms with Gasteiger partial charge in [-0.1, -0.05) is 18.3 Å². The van der Waals surface area contributed by atoms with Crippen LogP contribution in [0.3, 0.4) is 0 Å². The van der Waals surface area contributed by atoms with E-state index in [0.717, 1.165) is 5.56 Å². The molecule has 0 aliphatic heterocycles. The standard InChI is InChI=1S/C16H18FN3O3S2/c1-3-12(24-9-13(21)23-4-2)14(22)18-16-20-19-15(25-16)10-5-7-11(17)8-6-10/h5-8,12H,3-4,9H2,1-2H3,(H,18,20,22)/t12-/m1/s1. The molecule has 0 spiro atoms. The maximum absolute atomic E-state index is 13.0. The Bertz CT molecular complexity index is 722. The van der Waals surface area contributed by atoms with Gasteiger partial charge in [0.05, 0.1) is 17.6 Å². The van der Waals surface area contributed by atoms with Crippen LogP contribution in [0.1, 0.15) is 20.3 Å². The van der Waals surface area contributed by atoms with Gasteiger partial charge in [-0.15, -0.1) is 22.0 Å². The summed E-state index contributed by atoms with van der Waals surface area (Å²) >= 11 is 2.43. The van der Waals surface area contributed by atoms with Crippen LogP contribution in [0, 0.1) is 5.82 Å². The average Bonchev–Trinajstić information content (AvgIpc) is 3.04. The maximum atomic E-state index is 13.0. The Morgan fingerprint density at radius 3 is 2.64 bits per heavy atom. The molecule has 0 saturated heterocycles. The fourth-order valence-corrected chi connectivity index (χ4v) is 3.54. The molecule has 1 aromatic carbocycles. The topological polar surface area (TPSA) is 81.2 Å². The van der Waals surface area contributed by atoms with Crippen LogP contribution in [0.25, 0.3) is 10.6 Å².